The highest BCUT2D eigenvalue weighted by Gasteiger charge is 2.24. The summed E-state index contributed by atoms with van der Waals surface area (Å²) in [5.41, 5.74) is 7.29. The Kier molecular flexibility index (Phi) is 5.48. The summed E-state index contributed by atoms with van der Waals surface area (Å²) < 4.78 is 8.80. The van der Waals surface area contributed by atoms with Crippen LogP contribution in [0.2, 0.25) is 0 Å². The van der Waals surface area contributed by atoms with Gasteiger partial charge in [0.2, 0.25) is 0 Å². The SMILES string of the molecule is O=c1ccc2c(-c3cccc4ccccc34)cc(-c3cccc4ccccc34)c3c2n1Cc1cc2ccccc2cc1CO3. The molecule has 208 valence electrons. The summed E-state index contributed by atoms with van der Waals surface area (Å²) in [5.74, 6) is 0.747. The minimum Gasteiger partial charge on any atom is -0.486 e. The number of nitrogens with zero attached hydrogens (tertiary/aromatic N) is 1. The first-order valence-corrected chi connectivity index (χ1v) is 15.0. The summed E-state index contributed by atoms with van der Waals surface area (Å²) in [5, 5.41) is 8.00. The van der Waals surface area contributed by atoms with Crippen molar-refractivity contribution in [2.24, 2.45) is 0 Å². The van der Waals surface area contributed by atoms with Crippen molar-refractivity contribution in [3.8, 4) is 28.0 Å². The lowest BCUT2D eigenvalue weighted by Crippen LogP contribution is -2.23. The van der Waals surface area contributed by atoms with Gasteiger partial charge in [0.1, 0.15) is 6.61 Å². The monoisotopic (exact) mass is 565 g/mol. The predicted molar refractivity (Wildman–Crippen MR) is 181 cm³/mol. The van der Waals surface area contributed by atoms with Crippen LogP contribution in [0.5, 0.6) is 5.75 Å². The molecule has 0 amide bonds. The lowest BCUT2D eigenvalue weighted by molar-refractivity contribution is 0.306. The molecule has 3 heteroatoms. The first kappa shape index (κ1) is 24.9. The van der Waals surface area contributed by atoms with E-state index in [0.29, 0.717) is 13.2 Å². The second-order valence-corrected chi connectivity index (χ2v) is 11.6. The van der Waals surface area contributed by atoms with E-state index in [-0.39, 0.29) is 5.56 Å². The standard InChI is InChI=1S/C41H27NO2/c43-39-20-19-36-37(34-17-7-13-26-9-3-5-15-32(26)34)23-38(35-18-8-14-27-10-4-6-16-33(27)35)41-40(36)42(39)24-30-21-28-11-1-2-12-29(28)22-31(30)25-44-41/h1-23H,24-25H2. The number of ether oxygens (including phenoxy) is 1. The van der Waals surface area contributed by atoms with E-state index in [4.69, 9.17) is 4.74 Å². The third-order valence-corrected chi connectivity index (χ3v) is 9.15. The van der Waals surface area contributed by atoms with E-state index >= 15 is 0 Å². The molecule has 0 radical (unpaired) electrons. The summed E-state index contributed by atoms with van der Waals surface area (Å²) in [7, 11) is 0. The van der Waals surface area contributed by atoms with Crippen molar-refractivity contribution in [1.29, 1.82) is 0 Å². The summed E-state index contributed by atoms with van der Waals surface area (Å²) in [6.45, 7) is 0.893. The van der Waals surface area contributed by atoms with Crippen molar-refractivity contribution in [2.75, 3.05) is 0 Å². The molecular weight excluding hydrogens is 538 g/mol. The molecule has 0 bridgehead atoms. The van der Waals surface area contributed by atoms with Gasteiger partial charge in [0.25, 0.3) is 5.56 Å². The van der Waals surface area contributed by atoms with E-state index in [1.165, 1.54) is 16.2 Å². The minimum absolute atomic E-state index is 0.0395. The Morgan fingerprint density at radius 2 is 1.05 bits per heavy atom. The third kappa shape index (κ3) is 3.79. The molecule has 1 aliphatic rings. The number of hydrogen-bond acceptors (Lipinski definition) is 2. The molecule has 1 aliphatic heterocycles. The second-order valence-electron chi connectivity index (χ2n) is 11.6. The smallest absolute Gasteiger partial charge is 0.251 e. The Bertz CT molecular complexity index is 2500. The number of pyridine rings is 1. The Morgan fingerprint density at radius 3 is 1.73 bits per heavy atom. The first-order chi connectivity index (χ1) is 21.7. The molecular formula is C41H27NO2. The van der Waals surface area contributed by atoms with Crippen molar-refractivity contribution < 1.29 is 4.74 Å². The lowest BCUT2D eigenvalue weighted by atomic mass is 9.89. The van der Waals surface area contributed by atoms with Crippen molar-refractivity contribution in [3.63, 3.8) is 0 Å². The average Bonchev–Trinajstić information content (AvgIpc) is 3.06. The molecule has 0 saturated heterocycles. The summed E-state index contributed by atoms with van der Waals surface area (Å²) in [6, 6.07) is 48.6. The fourth-order valence-electron chi connectivity index (χ4n) is 7.04. The fraction of sp³-hybridized carbons (Fsp3) is 0.0488. The molecule has 0 aliphatic carbocycles. The average molecular weight is 566 g/mol. The number of fused-ring (bicyclic) bond motifs is 4. The van der Waals surface area contributed by atoms with Gasteiger partial charge in [-0.25, -0.2) is 0 Å². The Hall–Kier alpha value is -5.67. The normalized spacial score (nSPS) is 12.6. The Labute approximate surface area is 254 Å². The van der Waals surface area contributed by atoms with E-state index in [9.17, 15) is 4.79 Å². The van der Waals surface area contributed by atoms with Crippen LogP contribution in [-0.4, -0.2) is 4.57 Å². The highest BCUT2D eigenvalue weighted by Crippen LogP contribution is 2.46. The predicted octanol–water partition coefficient (Wildman–Crippen LogP) is 9.74. The molecule has 1 aromatic heterocycles. The molecule has 2 heterocycles. The third-order valence-electron chi connectivity index (χ3n) is 9.15. The van der Waals surface area contributed by atoms with Gasteiger partial charge in [0.15, 0.2) is 5.75 Å². The lowest BCUT2D eigenvalue weighted by Gasteiger charge is -2.25. The maximum absolute atomic E-state index is 13.8. The fourth-order valence-corrected chi connectivity index (χ4v) is 7.04. The second kappa shape index (κ2) is 9.68. The van der Waals surface area contributed by atoms with Gasteiger partial charge in [-0.2, -0.15) is 0 Å². The summed E-state index contributed by atoms with van der Waals surface area (Å²) in [4.78, 5) is 13.8. The van der Waals surface area contributed by atoms with Gasteiger partial charge in [-0.15, -0.1) is 0 Å². The zero-order valence-corrected chi connectivity index (χ0v) is 24.0. The van der Waals surface area contributed by atoms with E-state index in [1.54, 1.807) is 6.07 Å². The minimum atomic E-state index is -0.0395. The molecule has 0 atom stereocenters. The number of aromatic nitrogens is 1. The van der Waals surface area contributed by atoms with Crippen LogP contribution in [0.3, 0.4) is 0 Å². The number of benzene rings is 7. The van der Waals surface area contributed by atoms with Crippen LogP contribution in [0.4, 0.5) is 0 Å². The zero-order valence-electron chi connectivity index (χ0n) is 24.0. The van der Waals surface area contributed by atoms with Crippen LogP contribution < -0.4 is 10.3 Å². The molecule has 0 N–H and O–H groups in total. The zero-order chi connectivity index (χ0) is 29.2. The Morgan fingerprint density at radius 1 is 0.477 bits per heavy atom. The van der Waals surface area contributed by atoms with Crippen molar-refractivity contribution in [2.45, 2.75) is 13.2 Å². The quantitative estimate of drug-likeness (QED) is 0.209. The molecule has 9 rings (SSSR count). The molecule has 3 nitrogen and oxygen atoms in total. The van der Waals surface area contributed by atoms with Crippen molar-refractivity contribution >= 4 is 43.2 Å². The van der Waals surface area contributed by atoms with Crippen LogP contribution >= 0.6 is 0 Å². The van der Waals surface area contributed by atoms with Gasteiger partial charge in [-0.3, -0.25) is 4.79 Å². The van der Waals surface area contributed by atoms with Gasteiger partial charge in [-0.1, -0.05) is 109 Å². The highest BCUT2D eigenvalue weighted by atomic mass is 16.5. The first-order valence-electron chi connectivity index (χ1n) is 15.0. The van der Waals surface area contributed by atoms with Gasteiger partial charge < -0.3 is 9.30 Å². The molecule has 0 unspecified atom stereocenters. The van der Waals surface area contributed by atoms with Crippen molar-refractivity contribution in [3.05, 3.63) is 161 Å². The molecule has 7 aromatic carbocycles. The molecule has 44 heavy (non-hydrogen) atoms. The van der Waals surface area contributed by atoms with E-state index < -0.39 is 0 Å². The Balaban J connectivity index is 1.42. The van der Waals surface area contributed by atoms with Gasteiger partial charge in [-0.05, 0) is 84.4 Å². The van der Waals surface area contributed by atoms with Crippen LogP contribution in [0.15, 0.2) is 144 Å². The molecule has 0 saturated carbocycles. The number of hydrogen-bond donors (Lipinski definition) is 0. The van der Waals surface area contributed by atoms with Crippen LogP contribution in [0, 0.1) is 0 Å². The maximum Gasteiger partial charge on any atom is 0.251 e. The highest BCUT2D eigenvalue weighted by molar-refractivity contribution is 6.11. The molecule has 8 aromatic rings. The largest absolute Gasteiger partial charge is 0.486 e. The summed E-state index contributed by atoms with van der Waals surface area (Å²) in [6.07, 6.45) is 0. The van der Waals surface area contributed by atoms with E-state index in [2.05, 4.69) is 127 Å². The van der Waals surface area contributed by atoms with E-state index in [1.807, 2.05) is 10.6 Å². The van der Waals surface area contributed by atoms with Crippen LogP contribution in [0.25, 0.3) is 65.5 Å². The van der Waals surface area contributed by atoms with Gasteiger partial charge >= 0.3 is 0 Å². The molecule has 0 spiro atoms. The summed E-state index contributed by atoms with van der Waals surface area (Å²) >= 11 is 0. The van der Waals surface area contributed by atoms with Gasteiger partial charge in [0.05, 0.1) is 12.1 Å². The topological polar surface area (TPSA) is 31.2 Å². The van der Waals surface area contributed by atoms with Crippen LogP contribution in [-0.2, 0) is 13.2 Å². The molecule has 0 fully saturated rings. The van der Waals surface area contributed by atoms with Crippen molar-refractivity contribution in [1.82, 2.24) is 4.57 Å². The maximum atomic E-state index is 13.8. The van der Waals surface area contributed by atoms with Gasteiger partial charge in [0, 0.05) is 17.0 Å². The van der Waals surface area contributed by atoms with E-state index in [0.717, 1.165) is 66.2 Å². The number of rotatable bonds is 2. The van der Waals surface area contributed by atoms with Crippen LogP contribution in [0.1, 0.15) is 11.1 Å².